The highest BCUT2D eigenvalue weighted by Crippen LogP contribution is 2.29. The Balaban J connectivity index is 1.92. The number of nitriles is 2. The fourth-order valence-corrected chi connectivity index (χ4v) is 2.66. The third-order valence-corrected chi connectivity index (χ3v) is 3.88. The third-order valence-electron chi connectivity index (χ3n) is 3.88. The summed E-state index contributed by atoms with van der Waals surface area (Å²) >= 11 is 0. The molecule has 6 heteroatoms. The van der Waals surface area contributed by atoms with Gasteiger partial charge in [0.05, 0.1) is 29.0 Å². The van der Waals surface area contributed by atoms with Crippen molar-refractivity contribution >= 4 is 0 Å². The van der Waals surface area contributed by atoms with Gasteiger partial charge in [-0.15, -0.1) is 0 Å². The van der Waals surface area contributed by atoms with Crippen molar-refractivity contribution in [3.8, 4) is 46.2 Å². The van der Waals surface area contributed by atoms with Crippen LogP contribution < -0.4 is 0 Å². The minimum atomic E-state index is 0.309. The van der Waals surface area contributed by atoms with Gasteiger partial charge in [0, 0.05) is 5.56 Å². The molecule has 0 aliphatic heterocycles. The Labute approximate surface area is 155 Å². The Hall–Kier alpha value is -4.29. The molecular weight excluding hydrogens is 338 g/mol. The van der Waals surface area contributed by atoms with Gasteiger partial charge < -0.3 is 4.42 Å². The van der Waals surface area contributed by atoms with Crippen LogP contribution in [0, 0.1) is 22.7 Å². The number of furan rings is 1. The average molecular weight is 349 g/mol. The van der Waals surface area contributed by atoms with Gasteiger partial charge in [0.15, 0.2) is 0 Å². The molecule has 6 nitrogen and oxygen atoms in total. The summed E-state index contributed by atoms with van der Waals surface area (Å²) in [6.07, 6.45) is 1.60. The summed E-state index contributed by atoms with van der Waals surface area (Å²) in [7, 11) is 0. The second-order valence-electron chi connectivity index (χ2n) is 5.64. The van der Waals surface area contributed by atoms with Gasteiger partial charge in [-0.25, -0.2) is 15.0 Å². The molecule has 0 aliphatic rings. The van der Waals surface area contributed by atoms with Crippen molar-refractivity contribution in [2.75, 3.05) is 0 Å². The van der Waals surface area contributed by atoms with Crippen LogP contribution in [-0.4, -0.2) is 15.0 Å². The normalized spacial score (nSPS) is 10.1. The first-order valence-corrected chi connectivity index (χ1v) is 8.08. The molecule has 0 fully saturated rings. The van der Waals surface area contributed by atoms with Crippen molar-refractivity contribution in [1.82, 2.24) is 15.0 Å². The standard InChI is InChI=1S/C21H11N5O/c22-12-15-4-1-6-17(24-15)19-10-14(21-8-3-9-27-21)11-20(26-19)18-7-2-5-16(13-23)25-18/h1-11H. The highest BCUT2D eigenvalue weighted by Gasteiger charge is 2.12. The monoisotopic (exact) mass is 349 g/mol. The maximum Gasteiger partial charge on any atom is 0.141 e. The fraction of sp³-hybridized carbons (Fsp3) is 0. The molecule has 0 amide bonds. The fourth-order valence-electron chi connectivity index (χ4n) is 2.66. The first-order chi connectivity index (χ1) is 13.3. The first-order valence-electron chi connectivity index (χ1n) is 8.08. The zero-order valence-corrected chi connectivity index (χ0v) is 14.0. The molecule has 4 heterocycles. The first kappa shape index (κ1) is 16.2. The lowest BCUT2D eigenvalue weighted by molar-refractivity contribution is 0.582. The van der Waals surface area contributed by atoms with Crippen LogP contribution in [-0.2, 0) is 0 Å². The molecule has 4 aromatic heterocycles. The summed E-state index contributed by atoms with van der Waals surface area (Å²) < 4.78 is 5.52. The van der Waals surface area contributed by atoms with Crippen LogP contribution in [0.5, 0.6) is 0 Å². The van der Waals surface area contributed by atoms with Crippen LogP contribution in [0.1, 0.15) is 11.4 Å². The number of hydrogen-bond acceptors (Lipinski definition) is 6. The molecule has 0 N–H and O–H groups in total. The van der Waals surface area contributed by atoms with Crippen LogP contribution in [0.4, 0.5) is 0 Å². The predicted octanol–water partition coefficient (Wildman–Crippen LogP) is 4.21. The molecule has 126 valence electrons. The molecule has 0 aliphatic carbocycles. The van der Waals surface area contributed by atoms with E-state index in [0.717, 1.165) is 5.56 Å². The summed E-state index contributed by atoms with van der Waals surface area (Å²) in [5.41, 5.74) is 3.72. The van der Waals surface area contributed by atoms with Gasteiger partial charge in [0.2, 0.25) is 0 Å². The number of hydrogen-bond donors (Lipinski definition) is 0. The van der Waals surface area contributed by atoms with Crippen molar-refractivity contribution in [3.05, 3.63) is 78.3 Å². The van der Waals surface area contributed by atoms with E-state index in [1.54, 1.807) is 48.7 Å². The maximum absolute atomic E-state index is 9.12. The number of nitrogens with zero attached hydrogens (tertiary/aromatic N) is 5. The van der Waals surface area contributed by atoms with E-state index in [-0.39, 0.29) is 0 Å². The van der Waals surface area contributed by atoms with E-state index in [2.05, 4.69) is 15.0 Å². The van der Waals surface area contributed by atoms with Gasteiger partial charge in [0.1, 0.15) is 29.3 Å². The predicted molar refractivity (Wildman–Crippen MR) is 97.8 cm³/mol. The molecule has 0 bridgehead atoms. The van der Waals surface area contributed by atoms with Crippen LogP contribution in [0.15, 0.2) is 71.3 Å². The van der Waals surface area contributed by atoms with Crippen molar-refractivity contribution in [3.63, 3.8) is 0 Å². The molecule has 4 rings (SSSR count). The third kappa shape index (κ3) is 3.28. The molecule has 4 aromatic rings. The van der Waals surface area contributed by atoms with Crippen molar-refractivity contribution in [2.45, 2.75) is 0 Å². The van der Waals surface area contributed by atoms with Gasteiger partial charge in [-0.1, -0.05) is 12.1 Å². The quantitative estimate of drug-likeness (QED) is 0.549. The Morgan fingerprint density at radius 2 is 1.26 bits per heavy atom. The number of aromatic nitrogens is 3. The Morgan fingerprint density at radius 3 is 1.74 bits per heavy atom. The van der Waals surface area contributed by atoms with Crippen LogP contribution in [0.2, 0.25) is 0 Å². The zero-order valence-electron chi connectivity index (χ0n) is 14.0. The van der Waals surface area contributed by atoms with Crippen LogP contribution in [0.3, 0.4) is 0 Å². The lowest BCUT2D eigenvalue weighted by atomic mass is 10.1. The molecular formula is C21H11N5O. The molecule has 0 aromatic carbocycles. The summed E-state index contributed by atoms with van der Waals surface area (Å²) in [5, 5.41) is 18.2. The summed E-state index contributed by atoms with van der Waals surface area (Å²) in [6.45, 7) is 0. The van der Waals surface area contributed by atoms with Crippen molar-refractivity contribution < 1.29 is 4.42 Å². The van der Waals surface area contributed by atoms with E-state index in [0.29, 0.717) is 39.9 Å². The van der Waals surface area contributed by atoms with Crippen molar-refractivity contribution in [1.29, 1.82) is 10.5 Å². The Morgan fingerprint density at radius 1 is 0.667 bits per heavy atom. The van der Waals surface area contributed by atoms with Crippen molar-refractivity contribution in [2.24, 2.45) is 0 Å². The molecule has 0 saturated heterocycles. The second kappa shape index (κ2) is 6.91. The summed E-state index contributed by atoms with van der Waals surface area (Å²) in [4.78, 5) is 13.3. The minimum Gasteiger partial charge on any atom is -0.464 e. The summed E-state index contributed by atoms with van der Waals surface area (Å²) in [6, 6.07) is 21.8. The van der Waals surface area contributed by atoms with Gasteiger partial charge in [-0.05, 0) is 48.5 Å². The van der Waals surface area contributed by atoms with Gasteiger partial charge in [0.25, 0.3) is 0 Å². The summed E-state index contributed by atoms with van der Waals surface area (Å²) in [5.74, 6) is 0.674. The maximum atomic E-state index is 9.12. The largest absolute Gasteiger partial charge is 0.464 e. The topological polar surface area (TPSA) is 99.4 Å². The smallest absolute Gasteiger partial charge is 0.141 e. The molecule has 0 radical (unpaired) electrons. The molecule has 0 saturated carbocycles. The minimum absolute atomic E-state index is 0.309. The van der Waals surface area contributed by atoms with Gasteiger partial charge >= 0.3 is 0 Å². The highest BCUT2D eigenvalue weighted by atomic mass is 16.3. The van der Waals surface area contributed by atoms with E-state index in [1.807, 2.05) is 30.3 Å². The van der Waals surface area contributed by atoms with E-state index in [1.165, 1.54) is 0 Å². The lowest BCUT2D eigenvalue weighted by Crippen LogP contribution is -1.95. The van der Waals surface area contributed by atoms with E-state index in [9.17, 15) is 0 Å². The number of pyridine rings is 3. The van der Waals surface area contributed by atoms with E-state index < -0.39 is 0 Å². The van der Waals surface area contributed by atoms with Gasteiger partial charge in [-0.2, -0.15) is 10.5 Å². The highest BCUT2D eigenvalue weighted by molar-refractivity contribution is 5.72. The van der Waals surface area contributed by atoms with Crippen LogP contribution >= 0.6 is 0 Å². The second-order valence-corrected chi connectivity index (χ2v) is 5.64. The number of rotatable bonds is 3. The Kier molecular flexibility index (Phi) is 4.14. The molecule has 0 spiro atoms. The molecule has 0 unspecified atom stereocenters. The zero-order chi connectivity index (χ0) is 18.6. The van der Waals surface area contributed by atoms with E-state index >= 15 is 0 Å². The van der Waals surface area contributed by atoms with E-state index in [4.69, 9.17) is 14.9 Å². The van der Waals surface area contributed by atoms with Crippen LogP contribution in [0.25, 0.3) is 34.1 Å². The van der Waals surface area contributed by atoms with Gasteiger partial charge in [-0.3, -0.25) is 0 Å². The lowest BCUT2D eigenvalue weighted by Gasteiger charge is -2.08. The molecule has 0 atom stereocenters. The average Bonchev–Trinajstić information content (AvgIpc) is 3.28. The molecule has 27 heavy (non-hydrogen) atoms. The Bertz CT molecular complexity index is 1120. The SMILES string of the molecule is N#Cc1cccc(-c2cc(-c3ccco3)cc(-c3cccc(C#N)n3)n2)n1.